The van der Waals surface area contributed by atoms with Crippen molar-refractivity contribution >= 4 is 11.6 Å². The van der Waals surface area contributed by atoms with E-state index >= 15 is 0 Å². The van der Waals surface area contributed by atoms with Gasteiger partial charge in [0.2, 0.25) is 5.91 Å². The summed E-state index contributed by atoms with van der Waals surface area (Å²) in [7, 11) is 1.98. The highest BCUT2D eigenvalue weighted by atomic mass is 16.5. The summed E-state index contributed by atoms with van der Waals surface area (Å²) in [6, 6.07) is 15.8. The quantitative estimate of drug-likeness (QED) is 0.813. The molecule has 1 aliphatic rings. The van der Waals surface area contributed by atoms with Crippen molar-refractivity contribution in [3.63, 3.8) is 0 Å². The molecule has 25 heavy (non-hydrogen) atoms. The lowest BCUT2D eigenvalue weighted by Gasteiger charge is -2.23. The Kier molecular flexibility index (Phi) is 5.68. The number of hydrogen-bond donors (Lipinski definition) is 2. The van der Waals surface area contributed by atoms with E-state index in [1.807, 2.05) is 43.4 Å². The van der Waals surface area contributed by atoms with Crippen LogP contribution in [0.3, 0.4) is 0 Å². The van der Waals surface area contributed by atoms with Gasteiger partial charge in [-0.1, -0.05) is 36.4 Å². The Hall–Kier alpha value is -2.37. The minimum atomic E-state index is -0.581. The van der Waals surface area contributed by atoms with Gasteiger partial charge in [-0.05, 0) is 31.2 Å². The Bertz CT molecular complexity index is 718. The lowest BCUT2D eigenvalue weighted by atomic mass is 10.0. The average molecular weight is 340 g/mol. The summed E-state index contributed by atoms with van der Waals surface area (Å²) in [6.45, 7) is 1.54. The first-order chi connectivity index (χ1) is 12.1. The van der Waals surface area contributed by atoms with E-state index in [-0.39, 0.29) is 12.5 Å². The van der Waals surface area contributed by atoms with E-state index in [0.717, 1.165) is 23.5 Å². The van der Waals surface area contributed by atoms with Crippen molar-refractivity contribution in [3.05, 3.63) is 59.7 Å². The zero-order valence-corrected chi connectivity index (χ0v) is 14.4. The largest absolute Gasteiger partial charge is 0.490 e. The number of carbonyl (C=O) groups excluding carboxylic acids is 1. The Morgan fingerprint density at radius 3 is 2.76 bits per heavy atom. The second kappa shape index (κ2) is 8.14. The summed E-state index contributed by atoms with van der Waals surface area (Å²) in [5, 5.41) is 13.1. The number of carbonyl (C=O) groups is 1. The number of aliphatic hydroxyl groups is 1. The van der Waals surface area contributed by atoms with Crippen LogP contribution in [0.2, 0.25) is 0 Å². The third-order valence-electron chi connectivity index (χ3n) is 4.26. The molecule has 0 saturated heterocycles. The molecule has 1 aliphatic heterocycles. The van der Waals surface area contributed by atoms with Gasteiger partial charge in [-0.15, -0.1) is 0 Å². The normalized spacial score (nSPS) is 14.8. The fourth-order valence-corrected chi connectivity index (χ4v) is 3.09. The molecule has 132 valence electrons. The predicted octanol–water partition coefficient (Wildman–Crippen LogP) is 2.44. The Morgan fingerprint density at radius 2 is 1.96 bits per heavy atom. The van der Waals surface area contributed by atoms with Crippen molar-refractivity contribution in [1.82, 2.24) is 4.90 Å². The third kappa shape index (κ3) is 4.81. The Morgan fingerprint density at radius 1 is 1.16 bits per heavy atom. The highest BCUT2D eigenvalue weighted by Crippen LogP contribution is 2.31. The minimum absolute atomic E-state index is 0.0345. The number of amides is 1. The SMILES string of the molecule is CN(Cc1ccccc1)CC(O)COc1cccc2c1CCC(=O)N2. The minimum Gasteiger partial charge on any atom is -0.490 e. The molecular formula is C20H24N2O3. The van der Waals surface area contributed by atoms with E-state index < -0.39 is 6.10 Å². The standard InChI is InChI=1S/C20H24N2O3/c1-22(12-15-6-3-2-4-7-15)13-16(23)14-25-19-9-5-8-18-17(19)10-11-20(24)21-18/h2-9,16,23H,10-14H2,1H3,(H,21,24). The van der Waals surface area contributed by atoms with Crippen LogP contribution in [-0.2, 0) is 17.8 Å². The molecule has 0 saturated carbocycles. The summed E-state index contributed by atoms with van der Waals surface area (Å²) in [6.07, 6.45) is 0.555. The van der Waals surface area contributed by atoms with Crippen LogP contribution in [0, 0.1) is 0 Å². The van der Waals surface area contributed by atoms with Crippen molar-refractivity contribution in [3.8, 4) is 5.75 Å². The predicted molar refractivity (Wildman–Crippen MR) is 97.7 cm³/mol. The molecule has 0 radical (unpaired) electrons. The van der Waals surface area contributed by atoms with E-state index in [0.29, 0.717) is 19.4 Å². The molecule has 2 N–H and O–H groups in total. The van der Waals surface area contributed by atoms with E-state index in [2.05, 4.69) is 22.3 Å². The van der Waals surface area contributed by atoms with Crippen LogP contribution in [0.15, 0.2) is 48.5 Å². The van der Waals surface area contributed by atoms with Gasteiger partial charge < -0.3 is 15.2 Å². The molecule has 2 aromatic rings. The number of hydrogen-bond acceptors (Lipinski definition) is 4. The van der Waals surface area contributed by atoms with Gasteiger partial charge >= 0.3 is 0 Å². The number of likely N-dealkylation sites (N-methyl/N-ethyl adjacent to an activating group) is 1. The number of rotatable bonds is 7. The van der Waals surface area contributed by atoms with Crippen molar-refractivity contribution in [2.45, 2.75) is 25.5 Å². The fraction of sp³-hybridized carbons (Fsp3) is 0.350. The topological polar surface area (TPSA) is 61.8 Å². The van der Waals surface area contributed by atoms with Crippen LogP contribution >= 0.6 is 0 Å². The summed E-state index contributed by atoms with van der Waals surface area (Å²) < 4.78 is 5.82. The molecule has 0 aromatic heterocycles. The molecule has 0 fully saturated rings. The van der Waals surface area contributed by atoms with E-state index in [1.54, 1.807) is 0 Å². The van der Waals surface area contributed by atoms with Crippen LogP contribution in [0.25, 0.3) is 0 Å². The van der Waals surface area contributed by atoms with Gasteiger partial charge in [0.25, 0.3) is 0 Å². The molecule has 1 unspecified atom stereocenters. The molecule has 1 atom stereocenters. The Labute approximate surface area is 148 Å². The summed E-state index contributed by atoms with van der Waals surface area (Å²) in [5.41, 5.74) is 3.03. The number of aliphatic hydroxyl groups excluding tert-OH is 1. The van der Waals surface area contributed by atoms with Gasteiger partial charge in [0.15, 0.2) is 0 Å². The summed E-state index contributed by atoms with van der Waals surface area (Å²) in [5.74, 6) is 0.773. The van der Waals surface area contributed by atoms with Crippen molar-refractivity contribution in [2.24, 2.45) is 0 Å². The highest BCUT2D eigenvalue weighted by molar-refractivity contribution is 5.94. The Balaban J connectivity index is 1.52. The molecule has 2 aromatic carbocycles. The molecule has 0 bridgehead atoms. The van der Waals surface area contributed by atoms with Crippen molar-refractivity contribution < 1.29 is 14.6 Å². The number of anilines is 1. The van der Waals surface area contributed by atoms with Crippen molar-refractivity contribution in [2.75, 3.05) is 25.5 Å². The van der Waals surface area contributed by atoms with Gasteiger partial charge in [-0.3, -0.25) is 9.69 Å². The number of ether oxygens (including phenoxy) is 1. The first kappa shape index (κ1) is 17.5. The van der Waals surface area contributed by atoms with Crippen molar-refractivity contribution in [1.29, 1.82) is 0 Å². The monoisotopic (exact) mass is 340 g/mol. The van der Waals surface area contributed by atoms with Gasteiger partial charge in [0.05, 0.1) is 0 Å². The maximum atomic E-state index is 11.5. The van der Waals surface area contributed by atoms with Gasteiger partial charge in [0, 0.05) is 30.8 Å². The zero-order valence-electron chi connectivity index (χ0n) is 14.4. The number of fused-ring (bicyclic) bond motifs is 1. The van der Waals surface area contributed by atoms with Crippen LogP contribution in [0.4, 0.5) is 5.69 Å². The van der Waals surface area contributed by atoms with Crippen LogP contribution in [0.1, 0.15) is 17.5 Å². The van der Waals surface area contributed by atoms with Gasteiger partial charge in [-0.25, -0.2) is 0 Å². The van der Waals surface area contributed by atoms with E-state index in [1.165, 1.54) is 5.56 Å². The maximum Gasteiger partial charge on any atom is 0.224 e. The smallest absolute Gasteiger partial charge is 0.224 e. The molecule has 1 amide bonds. The first-order valence-corrected chi connectivity index (χ1v) is 8.57. The van der Waals surface area contributed by atoms with Crippen LogP contribution in [-0.4, -0.2) is 42.2 Å². The third-order valence-corrected chi connectivity index (χ3v) is 4.26. The summed E-state index contributed by atoms with van der Waals surface area (Å²) in [4.78, 5) is 13.6. The number of benzene rings is 2. The molecule has 1 heterocycles. The second-order valence-electron chi connectivity index (χ2n) is 6.48. The fourth-order valence-electron chi connectivity index (χ4n) is 3.09. The number of nitrogens with zero attached hydrogens (tertiary/aromatic N) is 1. The maximum absolute atomic E-state index is 11.5. The highest BCUT2D eigenvalue weighted by Gasteiger charge is 2.19. The van der Waals surface area contributed by atoms with Crippen LogP contribution < -0.4 is 10.1 Å². The van der Waals surface area contributed by atoms with E-state index in [9.17, 15) is 9.90 Å². The molecule has 5 heteroatoms. The molecule has 3 rings (SSSR count). The van der Waals surface area contributed by atoms with Gasteiger partial charge in [0.1, 0.15) is 18.5 Å². The van der Waals surface area contributed by atoms with Gasteiger partial charge in [-0.2, -0.15) is 0 Å². The first-order valence-electron chi connectivity index (χ1n) is 8.57. The number of nitrogens with one attached hydrogen (secondary N) is 1. The molecular weight excluding hydrogens is 316 g/mol. The molecule has 0 spiro atoms. The van der Waals surface area contributed by atoms with Crippen LogP contribution in [0.5, 0.6) is 5.75 Å². The van der Waals surface area contributed by atoms with E-state index in [4.69, 9.17) is 4.74 Å². The average Bonchev–Trinajstić information content (AvgIpc) is 2.60. The summed E-state index contributed by atoms with van der Waals surface area (Å²) >= 11 is 0. The molecule has 5 nitrogen and oxygen atoms in total. The molecule has 0 aliphatic carbocycles. The zero-order chi connectivity index (χ0) is 17.6. The second-order valence-corrected chi connectivity index (χ2v) is 6.48. The lowest BCUT2D eigenvalue weighted by Crippen LogP contribution is -2.33. The lowest BCUT2D eigenvalue weighted by molar-refractivity contribution is -0.116.